The average molecular weight is 342 g/mol. The Kier molecular flexibility index (Phi) is 6.93. The average Bonchev–Trinajstić information content (AvgIpc) is 2.56. The van der Waals surface area contributed by atoms with Crippen molar-refractivity contribution in [3.63, 3.8) is 0 Å². The van der Waals surface area contributed by atoms with E-state index in [-0.39, 0.29) is 11.7 Å². The zero-order valence-electron chi connectivity index (χ0n) is 14.1. The van der Waals surface area contributed by atoms with Crippen molar-refractivity contribution in [3.8, 4) is 5.75 Å². The number of amides is 1. The summed E-state index contributed by atoms with van der Waals surface area (Å²) in [4.78, 5) is 16.1. The van der Waals surface area contributed by atoms with Crippen molar-refractivity contribution in [1.29, 1.82) is 0 Å². The molecule has 1 aromatic rings. The first-order valence-electron chi connectivity index (χ1n) is 8.01. The van der Waals surface area contributed by atoms with Crippen LogP contribution in [0.25, 0.3) is 0 Å². The second-order valence-corrected chi connectivity index (χ2v) is 5.98. The monoisotopic (exact) mass is 342 g/mol. The molecule has 0 bridgehead atoms. The van der Waals surface area contributed by atoms with Crippen LogP contribution in [0.2, 0.25) is 0 Å². The lowest BCUT2D eigenvalue weighted by molar-refractivity contribution is -0.132. The van der Waals surface area contributed by atoms with E-state index in [4.69, 9.17) is 4.74 Å². The lowest BCUT2D eigenvalue weighted by Gasteiger charge is -2.31. The van der Waals surface area contributed by atoms with Crippen LogP contribution in [0.4, 0.5) is 8.78 Å². The molecule has 1 aliphatic rings. The molecule has 7 heteroatoms. The van der Waals surface area contributed by atoms with Crippen LogP contribution in [0, 0.1) is 0 Å². The quantitative estimate of drug-likeness (QED) is 0.763. The molecule has 0 N–H and O–H groups in total. The molecule has 0 aromatic heterocycles. The number of nitrogens with zero attached hydrogens (tertiary/aromatic N) is 2. The number of benzene rings is 1. The smallest absolute Gasteiger partial charge is 0.387 e. The van der Waals surface area contributed by atoms with Gasteiger partial charge in [-0.25, -0.2) is 0 Å². The summed E-state index contributed by atoms with van der Waals surface area (Å²) in [5.41, 5.74) is 0.866. The number of piperidine rings is 1. The van der Waals surface area contributed by atoms with Gasteiger partial charge in [0.15, 0.2) is 0 Å². The number of hydrogen-bond donors (Lipinski definition) is 0. The summed E-state index contributed by atoms with van der Waals surface area (Å²) < 4.78 is 33.9. The van der Waals surface area contributed by atoms with Crippen LogP contribution >= 0.6 is 0 Å². The van der Waals surface area contributed by atoms with E-state index < -0.39 is 6.61 Å². The number of methoxy groups -OCH3 is 1. The molecule has 134 valence electrons. The number of hydrogen-bond acceptors (Lipinski definition) is 4. The number of carbonyl (C=O) groups is 1. The molecule has 0 saturated carbocycles. The van der Waals surface area contributed by atoms with Crippen molar-refractivity contribution in [2.45, 2.75) is 32.1 Å². The van der Waals surface area contributed by atoms with Crippen LogP contribution in [-0.4, -0.2) is 62.2 Å². The van der Waals surface area contributed by atoms with E-state index in [1.165, 1.54) is 12.1 Å². The van der Waals surface area contributed by atoms with Gasteiger partial charge in [0.2, 0.25) is 5.91 Å². The van der Waals surface area contributed by atoms with Crippen LogP contribution in [0.15, 0.2) is 24.3 Å². The molecule has 0 aliphatic carbocycles. The number of halogens is 2. The summed E-state index contributed by atoms with van der Waals surface area (Å²) in [6.45, 7) is -0.292. The minimum Gasteiger partial charge on any atom is -0.435 e. The molecule has 1 saturated heterocycles. The zero-order chi connectivity index (χ0) is 17.5. The molecule has 0 radical (unpaired) electrons. The van der Waals surface area contributed by atoms with Crippen LogP contribution < -0.4 is 4.74 Å². The molecule has 0 unspecified atom stereocenters. The van der Waals surface area contributed by atoms with Crippen LogP contribution in [0.3, 0.4) is 0 Å². The molecule has 1 aliphatic heterocycles. The number of rotatable bonds is 7. The minimum atomic E-state index is -2.83. The molecular formula is C17H24F2N2O3. The number of likely N-dealkylation sites (tertiary alicyclic amines) is 1. The van der Waals surface area contributed by atoms with E-state index in [2.05, 4.69) is 9.64 Å². The SMILES string of the molecule is COC1CCN(CC(=O)N(C)Cc2ccc(OC(F)F)cc2)CC1. The molecule has 24 heavy (non-hydrogen) atoms. The second kappa shape index (κ2) is 8.94. The molecule has 1 amide bonds. The Labute approximate surface area is 141 Å². The highest BCUT2D eigenvalue weighted by Gasteiger charge is 2.21. The second-order valence-electron chi connectivity index (χ2n) is 5.98. The molecule has 1 aromatic carbocycles. The van der Waals surface area contributed by atoms with E-state index in [1.807, 2.05) is 0 Å². The van der Waals surface area contributed by atoms with Crippen molar-refractivity contribution in [2.75, 3.05) is 33.8 Å². The number of likely N-dealkylation sites (N-methyl/N-ethyl adjacent to an activating group) is 1. The zero-order valence-corrected chi connectivity index (χ0v) is 14.1. The summed E-state index contributed by atoms with van der Waals surface area (Å²) in [6, 6.07) is 6.34. The predicted octanol–water partition coefficient (Wildman–Crippen LogP) is 2.36. The Morgan fingerprint density at radius 3 is 2.46 bits per heavy atom. The molecular weight excluding hydrogens is 318 g/mol. The number of alkyl halides is 2. The van der Waals surface area contributed by atoms with Gasteiger partial charge in [-0.2, -0.15) is 8.78 Å². The van der Waals surface area contributed by atoms with E-state index in [0.29, 0.717) is 19.2 Å². The van der Waals surface area contributed by atoms with Crippen LogP contribution in [-0.2, 0) is 16.1 Å². The third-order valence-electron chi connectivity index (χ3n) is 4.22. The number of carbonyl (C=O) groups excluding carboxylic acids is 1. The fraction of sp³-hybridized carbons (Fsp3) is 0.588. The largest absolute Gasteiger partial charge is 0.435 e. The van der Waals surface area contributed by atoms with Crippen molar-refractivity contribution in [3.05, 3.63) is 29.8 Å². The first-order chi connectivity index (χ1) is 11.5. The van der Waals surface area contributed by atoms with Gasteiger partial charge in [-0.15, -0.1) is 0 Å². The lowest BCUT2D eigenvalue weighted by atomic mass is 10.1. The third kappa shape index (κ3) is 5.72. The normalized spacial score (nSPS) is 16.4. The minimum absolute atomic E-state index is 0.0405. The third-order valence-corrected chi connectivity index (χ3v) is 4.22. The van der Waals surface area contributed by atoms with E-state index in [1.54, 1.807) is 31.2 Å². The Hall–Kier alpha value is -1.73. The van der Waals surface area contributed by atoms with Crippen molar-refractivity contribution in [1.82, 2.24) is 9.80 Å². The van der Waals surface area contributed by atoms with Gasteiger partial charge in [-0.3, -0.25) is 9.69 Å². The highest BCUT2D eigenvalue weighted by Crippen LogP contribution is 2.16. The van der Waals surface area contributed by atoms with Gasteiger partial charge < -0.3 is 14.4 Å². The van der Waals surface area contributed by atoms with Crippen molar-refractivity contribution < 1.29 is 23.0 Å². The molecule has 5 nitrogen and oxygen atoms in total. The van der Waals surface area contributed by atoms with Gasteiger partial charge in [-0.1, -0.05) is 12.1 Å². The van der Waals surface area contributed by atoms with Crippen molar-refractivity contribution in [2.24, 2.45) is 0 Å². The first-order valence-corrected chi connectivity index (χ1v) is 8.01. The van der Waals surface area contributed by atoms with Gasteiger partial charge >= 0.3 is 6.61 Å². The highest BCUT2D eigenvalue weighted by molar-refractivity contribution is 5.78. The standard InChI is InChI=1S/C17H24F2N2O3/c1-20(11-13-3-5-15(6-4-13)24-17(18)19)16(22)12-21-9-7-14(23-2)8-10-21/h3-6,14,17H,7-12H2,1-2H3. The summed E-state index contributed by atoms with van der Waals surface area (Å²) in [5.74, 6) is 0.155. The maximum absolute atomic E-state index is 12.3. The fourth-order valence-electron chi connectivity index (χ4n) is 2.75. The van der Waals surface area contributed by atoms with Gasteiger partial charge in [-0.05, 0) is 30.5 Å². The predicted molar refractivity (Wildman–Crippen MR) is 86.0 cm³/mol. The van der Waals surface area contributed by atoms with Gasteiger partial charge in [0.1, 0.15) is 5.75 Å². The lowest BCUT2D eigenvalue weighted by Crippen LogP contribution is -2.43. The Morgan fingerprint density at radius 2 is 1.92 bits per heavy atom. The summed E-state index contributed by atoms with van der Waals surface area (Å²) in [6.07, 6.45) is 2.18. The molecule has 1 heterocycles. The van der Waals surface area contributed by atoms with E-state index >= 15 is 0 Å². The van der Waals surface area contributed by atoms with E-state index in [9.17, 15) is 13.6 Å². The highest BCUT2D eigenvalue weighted by atomic mass is 19.3. The van der Waals surface area contributed by atoms with Crippen LogP contribution in [0.5, 0.6) is 5.75 Å². The Balaban J connectivity index is 1.79. The summed E-state index contributed by atoms with van der Waals surface area (Å²) in [7, 11) is 3.46. The molecule has 0 spiro atoms. The van der Waals surface area contributed by atoms with E-state index in [0.717, 1.165) is 31.5 Å². The van der Waals surface area contributed by atoms with Crippen LogP contribution in [0.1, 0.15) is 18.4 Å². The van der Waals surface area contributed by atoms with Gasteiger partial charge in [0, 0.05) is 33.8 Å². The van der Waals surface area contributed by atoms with Crippen molar-refractivity contribution >= 4 is 5.91 Å². The topological polar surface area (TPSA) is 42.0 Å². The summed E-state index contributed by atoms with van der Waals surface area (Å²) in [5, 5.41) is 0. The van der Waals surface area contributed by atoms with Gasteiger partial charge in [0.05, 0.1) is 12.6 Å². The fourth-order valence-corrected chi connectivity index (χ4v) is 2.75. The first kappa shape index (κ1) is 18.6. The Morgan fingerprint density at radius 1 is 1.29 bits per heavy atom. The maximum atomic E-state index is 12.3. The molecule has 2 rings (SSSR count). The number of ether oxygens (including phenoxy) is 2. The summed E-state index contributed by atoms with van der Waals surface area (Å²) >= 11 is 0. The molecule has 1 fully saturated rings. The van der Waals surface area contributed by atoms with Gasteiger partial charge in [0.25, 0.3) is 0 Å². The Bertz CT molecular complexity index is 517. The molecule has 0 atom stereocenters. The maximum Gasteiger partial charge on any atom is 0.387 e.